The van der Waals surface area contributed by atoms with E-state index < -0.39 is 0 Å². The van der Waals surface area contributed by atoms with E-state index in [-0.39, 0.29) is 17.9 Å². The van der Waals surface area contributed by atoms with Gasteiger partial charge in [-0.05, 0) is 82.1 Å². The molecule has 0 unspecified atom stereocenters. The lowest BCUT2D eigenvalue weighted by atomic mass is 9.97. The molecule has 1 aliphatic carbocycles. The van der Waals surface area contributed by atoms with Gasteiger partial charge in [-0.2, -0.15) is 5.10 Å². The predicted molar refractivity (Wildman–Crippen MR) is 151 cm³/mol. The Balaban J connectivity index is 1.16. The first-order chi connectivity index (χ1) is 19.0. The Morgan fingerprint density at radius 3 is 2.79 bits per heavy atom. The van der Waals surface area contributed by atoms with E-state index in [0.29, 0.717) is 34.7 Å². The van der Waals surface area contributed by atoms with Crippen LogP contribution in [0.2, 0.25) is 0 Å². The maximum absolute atomic E-state index is 13.4. The summed E-state index contributed by atoms with van der Waals surface area (Å²) in [6, 6.07) is 13.5. The number of carbonyl (C=O) groups excluding carboxylic acids is 2. The molecule has 2 amide bonds. The standard InChI is InChI=1S/C29H31N7O2S/c1-35(2)21-8-9-22-26(16-21)39-29(31-22)32-27(37)20-6-3-5-19(15-20)25-7-4-14-36(25)28(38)24-17-23(33-34-24)18-10-12-30-13-11-18/h3,5-6,10-13,15,17,21,25H,4,7-9,14,16H2,1-2H3,(H,33,34)(H,31,32,37)/t21-,25+/m0/s1. The van der Waals surface area contributed by atoms with Crippen molar-refractivity contribution in [3.05, 3.63) is 82.3 Å². The number of aromatic nitrogens is 4. The van der Waals surface area contributed by atoms with Crippen molar-refractivity contribution in [1.29, 1.82) is 0 Å². The Morgan fingerprint density at radius 1 is 1.13 bits per heavy atom. The fourth-order valence-corrected chi connectivity index (χ4v) is 6.60. The van der Waals surface area contributed by atoms with Crippen molar-refractivity contribution < 1.29 is 9.59 Å². The number of fused-ring (bicyclic) bond motifs is 1. The Labute approximate surface area is 231 Å². The number of aromatic amines is 1. The van der Waals surface area contributed by atoms with Gasteiger partial charge in [0.1, 0.15) is 5.69 Å². The van der Waals surface area contributed by atoms with Crippen LogP contribution in [0.3, 0.4) is 0 Å². The van der Waals surface area contributed by atoms with Gasteiger partial charge >= 0.3 is 0 Å². The van der Waals surface area contributed by atoms with E-state index in [4.69, 9.17) is 4.98 Å². The minimum Gasteiger partial charge on any atom is -0.330 e. The van der Waals surface area contributed by atoms with Crippen LogP contribution in [0.5, 0.6) is 0 Å². The topological polar surface area (TPSA) is 107 Å². The number of rotatable bonds is 6. The van der Waals surface area contributed by atoms with Crippen LogP contribution in [0.4, 0.5) is 5.13 Å². The molecule has 6 rings (SSSR count). The van der Waals surface area contributed by atoms with Crippen LogP contribution in [0.25, 0.3) is 11.3 Å². The zero-order chi connectivity index (χ0) is 26.9. The van der Waals surface area contributed by atoms with E-state index in [2.05, 4.69) is 39.5 Å². The van der Waals surface area contributed by atoms with E-state index in [0.717, 1.165) is 48.9 Å². The molecule has 10 heteroatoms. The van der Waals surface area contributed by atoms with Crippen LogP contribution < -0.4 is 5.32 Å². The first-order valence-electron chi connectivity index (χ1n) is 13.3. The highest BCUT2D eigenvalue weighted by Gasteiger charge is 2.32. The highest BCUT2D eigenvalue weighted by atomic mass is 32.1. The normalized spacial score (nSPS) is 18.8. The van der Waals surface area contributed by atoms with Gasteiger partial charge in [0.05, 0.1) is 17.4 Å². The maximum atomic E-state index is 13.4. The van der Waals surface area contributed by atoms with Gasteiger partial charge in [0.15, 0.2) is 5.13 Å². The van der Waals surface area contributed by atoms with Crippen LogP contribution in [-0.2, 0) is 12.8 Å². The lowest BCUT2D eigenvalue weighted by molar-refractivity contribution is 0.0729. The van der Waals surface area contributed by atoms with Crippen molar-refractivity contribution in [2.75, 3.05) is 26.0 Å². The summed E-state index contributed by atoms with van der Waals surface area (Å²) in [4.78, 5) is 40.8. The first-order valence-corrected chi connectivity index (χ1v) is 14.1. The highest BCUT2D eigenvalue weighted by Crippen LogP contribution is 2.34. The molecular formula is C29H31N7O2S. The molecule has 4 heterocycles. The molecule has 9 nitrogen and oxygen atoms in total. The summed E-state index contributed by atoms with van der Waals surface area (Å²) in [5.41, 5.74) is 4.68. The highest BCUT2D eigenvalue weighted by molar-refractivity contribution is 7.15. The van der Waals surface area contributed by atoms with E-state index in [1.165, 1.54) is 4.88 Å². The average molecular weight is 542 g/mol. The third-order valence-electron chi connectivity index (χ3n) is 7.70. The molecule has 39 heavy (non-hydrogen) atoms. The molecule has 2 atom stereocenters. The molecule has 2 N–H and O–H groups in total. The van der Waals surface area contributed by atoms with E-state index in [1.54, 1.807) is 29.8 Å². The van der Waals surface area contributed by atoms with Crippen molar-refractivity contribution >= 4 is 28.3 Å². The summed E-state index contributed by atoms with van der Waals surface area (Å²) in [5, 5.41) is 10.9. The molecular weight excluding hydrogens is 510 g/mol. The van der Waals surface area contributed by atoms with Gasteiger partial charge in [0.25, 0.3) is 11.8 Å². The number of aryl methyl sites for hydroxylation is 1. The second-order valence-electron chi connectivity index (χ2n) is 10.4. The average Bonchev–Trinajstić information content (AvgIpc) is 3.72. The number of hydrogen-bond donors (Lipinski definition) is 2. The van der Waals surface area contributed by atoms with E-state index in [1.807, 2.05) is 41.3 Å². The fraction of sp³-hybridized carbons (Fsp3) is 0.345. The number of anilines is 1. The third kappa shape index (κ3) is 5.22. The van der Waals surface area contributed by atoms with Crippen LogP contribution in [0, 0.1) is 0 Å². The monoisotopic (exact) mass is 541 g/mol. The number of H-pyrrole nitrogens is 1. The van der Waals surface area contributed by atoms with Crippen molar-refractivity contribution in [3.63, 3.8) is 0 Å². The Hall–Kier alpha value is -3.89. The lowest BCUT2D eigenvalue weighted by Gasteiger charge is -2.27. The van der Waals surface area contributed by atoms with Crippen molar-refractivity contribution in [1.82, 2.24) is 30.0 Å². The van der Waals surface area contributed by atoms with E-state index in [9.17, 15) is 9.59 Å². The molecule has 2 aliphatic rings. The SMILES string of the molecule is CN(C)[C@H]1CCc2nc(NC(=O)c3cccc([C@H]4CCCN4C(=O)c4cc(-c5ccncc5)n[nH]4)c3)sc2C1. The first kappa shape index (κ1) is 25.4. The summed E-state index contributed by atoms with van der Waals surface area (Å²) >= 11 is 1.58. The summed E-state index contributed by atoms with van der Waals surface area (Å²) in [6.45, 7) is 0.655. The Morgan fingerprint density at radius 2 is 1.97 bits per heavy atom. The molecule has 0 bridgehead atoms. The summed E-state index contributed by atoms with van der Waals surface area (Å²) in [7, 11) is 4.22. The summed E-state index contributed by atoms with van der Waals surface area (Å²) in [5.74, 6) is -0.275. The quantitative estimate of drug-likeness (QED) is 0.370. The summed E-state index contributed by atoms with van der Waals surface area (Å²) < 4.78 is 0. The number of pyridine rings is 1. The molecule has 1 aromatic carbocycles. The number of benzene rings is 1. The minimum absolute atomic E-state index is 0.0930. The van der Waals surface area contributed by atoms with Gasteiger partial charge in [-0.15, -0.1) is 11.3 Å². The number of hydrogen-bond acceptors (Lipinski definition) is 7. The van der Waals surface area contributed by atoms with Crippen LogP contribution in [0.1, 0.15) is 62.3 Å². The molecule has 1 fully saturated rings. The van der Waals surface area contributed by atoms with Gasteiger partial charge in [-0.25, -0.2) is 4.98 Å². The zero-order valence-corrected chi connectivity index (χ0v) is 22.9. The largest absolute Gasteiger partial charge is 0.330 e. The fourth-order valence-electron chi connectivity index (χ4n) is 5.52. The number of likely N-dealkylation sites (N-methyl/N-ethyl adjacent to an activating group) is 1. The van der Waals surface area contributed by atoms with Gasteiger partial charge in [-0.1, -0.05) is 12.1 Å². The Kier molecular flexibility index (Phi) is 6.97. The van der Waals surface area contributed by atoms with Gasteiger partial charge in [-0.3, -0.25) is 25.0 Å². The summed E-state index contributed by atoms with van der Waals surface area (Å²) in [6.07, 6.45) is 8.14. The predicted octanol–water partition coefficient (Wildman–Crippen LogP) is 4.58. The maximum Gasteiger partial charge on any atom is 0.272 e. The Bertz CT molecular complexity index is 1500. The number of nitrogens with one attached hydrogen (secondary N) is 2. The second kappa shape index (κ2) is 10.7. The molecule has 200 valence electrons. The minimum atomic E-state index is -0.182. The molecule has 3 aromatic heterocycles. The molecule has 1 saturated heterocycles. The number of likely N-dealkylation sites (tertiary alicyclic amines) is 1. The molecule has 4 aromatic rings. The van der Waals surface area contributed by atoms with Crippen molar-refractivity contribution in [3.8, 4) is 11.3 Å². The van der Waals surface area contributed by atoms with Gasteiger partial charge in [0.2, 0.25) is 0 Å². The van der Waals surface area contributed by atoms with Gasteiger partial charge < -0.3 is 9.80 Å². The number of amides is 2. The third-order valence-corrected chi connectivity index (χ3v) is 8.73. The van der Waals surface area contributed by atoms with Crippen LogP contribution in [0.15, 0.2) is 54.9 Å². The molecule has 0 radical (unpaired) electrons. The molecule has 0 spiro atoms. The number of carbonyl (C=O) groups is 2. The van der Waals surface area contributed by atoms with Gasteiger partial charge in [0, 0.05) is 41.0 Å². The zero-order valence-electron chi connectivity index (χ0n) is 22.1. The number of thiazole rings is 1. The lowest BCUT2D eigenvalue weighted by Crippen LogP contribution is -2.32. The molecule has 0 saturated carbocycles. The number of nitrogens with zero attached hydrogens (tertiary/aromatic N) is 5. The second-order valence-corrected chi connectivity index (χ2v) is 11.5. The smallest absolute Gasteiger partial charge is 0.272 e. The molecule has 1 aliphatic heterocycles. The van der Waals surface area contributed by atoms with Crippen molar-refractivity contribution in [2.45, 2.75) is 44.2 Å². The van der Waals surface area contributed by atoms with Crippen LogP contribution >= 0.6 is 11.3 Å². The van der Waals surface area contributed by atoms with Crippen LogP contribution in [-0.4, -0.2) is 68.5 Å². The van der Waals surface area contributed by atoms with E-state index >= 15 is 0 Å². The van der Waals surface area contributed by atoms with Crippen molar-refractivity contribution in [2.24, 2.45) is 0 Å².